The number of anilines is 1. The predicted molar refractivity (Wildman–Crippen MR) is 157 cm³/mol. The first kappa shape index (κ1) is 28.1. The Morgan fingerprint density at radius 3 is 2.39 bits per heavy atom. The first-order chi connectivity index (χ1) is 17.3. The van der Waals surface area contributed by atoms with E-state index in [0.29, 0.717) is 6.54 Å². The minimum absolute atomic E-state index is 0.168. The average molecular weight is 522 g/mol. The number of hydrogen-bond donors (Lipinski definition) is 1. The van der Waals surface area contributed by atoms with Crippen molar-refractivity contribution in [3.8, 4) is 0 Å². The predicted octanol–water partition coefficient (Wildman–Crippen LogP) is 7.92. The number of nitrogens with zero attached hydrogens (tertiary/aromatic N) is 2. The molecular formula is C30H39N3OS2. The van der Waals surface area contributed by atoms with Crippen molar-refractivity contribution in [1.82, 2.24) is 4.98 Å². The Morgan fingerprint density at radius 1 is 1.00 bits per heavy atom. The fourth-order valence-corrected chi connectivity index (χ4v) is 6.43. The van der Waals surface area contributed by atoms with Gasteiger partial charge < -0.3 is 5.73 Å². The van der Waals surface area contributed by atoms with Crippen LogP contribution in [0.4, 0.5) is 10.5 Å². The number of amides is 2. The van der Waals surface area contributed by atoms with E-state index in [2.05, 4.69) is 82.3 Å². The van der Waals surface area contributed by atoms with E-state index in [4.69, 9.17) is 10.7 Å². The summed E-state index contributed by atoms with van der Waals surface area (Å²) in [6, 6.07) is 18.9. The van der Waals surface area contributed by atoms with Gasteiger partial charge >= 0.3 is 6.03 Å². The first-order valence-electron chi connectivity index (χ1n) is 12.8. The normalized spacial score (nSPS) is 11.9. The molecule has 4 nitrogen and oxygen atoms in total. The lowest BCUT2D eigenvalue weighted by atomic mass is 9.88. The van der Waals surface area contributed by atoms with Crippen LogP contribution in [0.1, 0.15) is 60.6 Å². The van der Waals surface area contributed by atoms with Gasteiger partial charge in [0.15, 0.2) is 0 Å². The van der Waals surface area contributed by atoms with E-state index >= 15 is 0 Å². The Hall–Kier alpha value is -2.44. The van der Waals surface area contributed by atoms with Crippen LogP contribution < -0.4 is 10.6 Å². The SMILES string of the molecule is CCSc1cc(C)nc(SCC)c1N(CC(CCCc1ccccc1)c1cc(C)ccc1C)C(N)=O. The molecule has 2 aromatic carbocycles. The third-order valence-electron chi connectivity index (χ3n) is 6.31. The number of thioether (sulfide) groups is 2. The molecule has 1 aromatic heterocycles. The van der Waals surface area contributed by atoms with Crippen LogP contribution in [-0.2, 0) is 6.42 Å². The molecule has 6 heteroatoms. The van der Waals surface area contributed by atoms with E-state index in [1.165, 1.54) is 22.3 Å². The van der Waals surface area contributed by atoms with Crippen molar-refractivity contribution in [2.24, 2.45) is 5.73 Å². The number of primary amides is 1. The average Bonchev–Trinajstić information content (AvgIpc) is 2.84. The van der Waals surface area contributed by atoms with E-state index < -0.39 is 6.03 Å². The highest BCUT2D eigenvalue weighted by Crippen LogP contribution is 2.40. The van der Waals surface area contributed by atoms with Crippen LogP contribution in [-0.4, -0.2) is 29.1 Å². The molecular weight excluding hydrogens is 482 g/mol. The van der Waals surface area contributed by atoms with Crippen molar-refractivity contribution in [2.45, 2.75) is 69.7 Å². The summed E-state index contributed by atoms with van der Waals surface area (Å²) in [5.74, 6) is 1.96. The minimum Gasteiger partial charge on any atom is -0.351 e. The highest BCUT2D eigenvalue weighted by Gasteiger charge is 2.27. The van der Waals surface area contributed by atoms with Crippen molar-refractivity contribution in [3.05, 3.63) is 82.5 Å². The van der Waals surface area contributed by atoms with Gasteiger partial charge in [-0.1, -0.05) is 67.9 Å². The summed E-state index contributed by atoms with van der Waals surface area (Å²) >= 11 is 3.41. The van der Waals surface area contributed by atoms with Crippen molar-refractivity contribution >= 4 is 35.2 Å². The van der Waals surface area contributed by atoms with Crippen LogP contribution in [0, 0.1) is 20.8 Å². The first-order valence-corrected chi connectivity index (χ1v) is 14.8. The Labute approximate surface area is 225 Å². The fraction of sp³-hybridized carbons (Fsp3) is 0.400. The number of benzene rings is 2. The summed E-state index contributed by atoms with van der Waals surface area (Å²) in [6.07, 6.45) is 3.02. The standard InChI is InChI=1S/C30H39N3OS2/c1-6-35-27-19-23(5)32-29(36-7-2)28(27)33(30(31)34)20-25(26-18-21(3)16-17-22(26)4)15-11-14-24-12-9-8-10-13-24/h8-10,12-13,16-19,25H,6-7,11,14-15,20H2,1-5H3,(H2,31,34). The largest absolute Gasteiger partial charge is 0.351 e. The number of hydrogen-bond acceptors (Lipinski definition) is 4. The molecule has 0 radical (unpaired) electrons. The zero-order valence-corrected chi connectivity index (χ0v) is 23.8. The van der Waals surface area contributed by atoms with E-state index in [-0.39, 0.29) is 5.92 Å². The molecule has 0 spiro atoms. The Bertz CT molecular complexity index is 1120. The fourth-order valence-electron chi connectivity index (χ4n) is 4.61. The molecule has 2 amide bonds. The monoisotopic (exact) mass is 521 g/mol. The van der Waals surface area contributed by atoms with Gasteiger partial charge in [0, 0.05) is 23.1 Å². The smallest absolute Gasteiger partial charge is 0.319 e. The topological polar surface area (TPSA) is 59.2 Å². The maximum absolute atomic E-state index is 13.0. The molecule has 0 saturated heterocycles. The molecule has 3 aromatic rings. The van der Waals surface area contributed by atoms with Crippen LogP contribution in [0.2, 0.25) is 0 Å². The Kier molecular flexibility index (Phi) is 10.7. The molecule has 0 aliphatic rings. The van der Waals surface area contributed by atoms with Crippen LogP contribution in [0.25, 0.3) is 0 Å². The van der Waals surface area contributed by atoms with Crippen LogP contribution in [0.5, 0.6) is 0 Å². The number of urea groups is 1. The number of carbonyl (C=O) groups is 1. The molecule has 3 rings (SSSR count). The highest BCUT2D eigenvalue weighted by atomic mass is 32.2. The van der Waals surface area contributed by atoms with Crippen molar-refractivity contribution in [1.29, 1.82) is 0 Å². The van der Waals surface area contributed by atoms with Crippen molar-refractivity contribution < 1.29 is 4.79 Å². The number of nitrogens with two attached hydrogens (primary N) is 1. The third kappa shape index (κ3) is 7.53. The quantitative estimate of drug-likeness (QED) is 0.246. The Morgan fingerprint density at radius 2 is 1.72 bits per heavy atom. The molecule has 0 aliphatic carbocycles. The molecule has 192 valence electrons. The summed E-state index contributed by atoms with van der Waals surface area (Å²) in [7, 11) is 0. The molecule has 1 heterocycles. The molecule has 0 bridgehead atoms. The summed E-state index contributed by atoms with van der Waals surface area (Å²) in [5, 5.41) is 0.885. The molecule has 0 aliphatic heterocycles. The van der Waals surface area contributed by atoms with Gasteiger partial charge in [-0.3, -0.25) is 4.90 Å². The number of carbonyl (C=O) groups excluding carboxylic acids is 1. The number of aromatic nitrogens is 1. The van der Waals surface area contributed by atoms with E-state index in [0.717, 1.165) is 52.1 Å². The van der Waals surface area contributed by atoms with Crippen LogP contribution in [0.3, 0.4) is 0 Å². The molecule has 1 unspecified atom stereocenters. The van der Waals surface area contributed by atoms with Gasteiger partial charge in [0.1, 0.15) is 5.03 Å². The zero-order valence-electron chi connectivity index (χ0n) is 22.2. The maximum Gasteiger partial charge on any atom is 0.319 e. The zero-order chi connectivity index (χ0) is 26.1. The number of rotatable bonds is 12. The summed E-state index contributed by atoms with van der Waals surface area (Å²) in [4.78, 5) is 20.7. The van der Waals surface area contributed by atoms with Crippen LogP contribution in [0.15, 0.2) is 64.5 Å². The summed E-state index contributed by atoms with van der Waals surface area (Å²) in [6.45, 7) is 11.1. The summed E-state index contributed by atoms with van der Waals surface area (Å²) in [5.41, 5.74) is 13.0. The van der Waals surface area contributed by atoms with E-state index in [1.807, 2.05) is 6.92 Å². The van der Waals surface area contributed by atoms with Gasteiger partial charge in [-0.15, -0.1) is 23.5 Å². The second-order valence-corrected chi connectivity index (χ2v) is 11.7. The lowest BCUT2D eigenvalue weighted by Crippen LogP contribution is -2.40. The maximum atomic E-state index is 13.0. The van der Waals surface area contributed by atoms with E-state index in [1.54, 1.807) is 28.4 Å². The number of pyridine rings is 1. The van der Waals surface area contributed by atoms with Gasteiger partial charge in [-0.05, 0) is 74.3 Å². The van der Waals surface area contributed by atoms with Gasteiger partial charge in [0.2, 0.25) is 0 Å². The van der Waals surface area contributed by atoms with Gasteiger partial charge in [0.05, 0.1) is 5.69 Å². The third-order valence-corrected chi connectivity index (χ3v) is 8.07. The lowest BCUT2D eigenvalue weighted by molar-refractivity contribution is 0.253. The second kappa shape index (κ2) is 13.8. The number of aryl methyl sites for hydroxylation is 4. The highest BCUT2D eigenvalue weighted by molar-refractivity contribution is 8.00. The molecule has 1 atom stereocenters. The second-order valence-electron chi connectivity index (χ2n) is 9.17. The molecule has 36 heavy (non-hydrogen) atoms. The van der Waals surface area contributed by atoms with Gasteiger partial charge in [0.25, 0.3) is 0 Å². The molecule has 0 fully saturated rings. The molecule has 2 N–H and O–H groups in total. The van der Waals surface area contributed by atoms with Crippen molar-refractivity contribution in [2.75, 3.05) is 23.0 Å². The minimum atomic E-state index is -0.421. The Balaban J connectivity index is 2.00. The summed E-state index contributed by atoms with van der Waals surface area (Å²) < 4.78 is 0. The van der Waals surface area contributed by atoms with Gasteiger partial charge in [-0.2, -0.15) is 0 Å². The lowest BCUT2D eigenvalue weighted by Gasteiger charge is -2.30. The molecule has 0 saturated carbocycles. The van der Waals surface area contributed by atoms with E-state index in [9.17, 15) is 4.79 Å². The van der Waals surface area contributed by atoms with Gasteiger partial charge in [-0.25, -0.2) is 9.78 Å². The van der Waals surface area contributed by atoms with Crippen molar-refractivity contribution in [3.63, 3.8) is 0 Å². The van der Waals surface area contributed by atoms with Crippen LogP contribution >= 0.6 is 23.5 Å².